The fraction of sp³-hybridized carbons (Fsp3) is 0.391. The first kappa shape index (κ1) is 21.5. The first-order chi connectivity index (χ1) is 13.5. The highest BCUT2D eigenvalue weighted by Gasteiger charge is 2.11. The van der Waals surface area contributed by atoms with E-state index in [0.717, 1.165) is 37.9 Å². The van der Waals surface area contributed by atoms with E-state index in [2.05, 4.69) is 13.8 Å². The topological polar surface area (TPSA) is 61.8 Å². The number of carbonyl (C=O) groups excluding carboxylic acids is 2. The molecule has 0 aliphatic carbocycles. The molecule has 150 valence electrons. The number of hydrogen-bond acceptors (Lipinski definition) is 5. The van der Waals surface area contributed by atoms with Crippen LogP contribution < -0.4 is 14.2 Å². The summed E-state index contributed by atoms with van der Waals surface area (Å²) < 4.78 is 16.4. The van der Waals surface area contributed by atoms with E-state index in [-0.39, 0.29) is 6.10 Å². The summed E-state index contributed by atoms with van der Waals surface area (Å²) in [6, 6.07) is 13.3. The van der Waals surface area contributed by atoms with Crippen molar-refractivity contribution < 1.29 is 23.8 Å². The first-order valence-electron chi connectivity index (χ1n) is 9.79. The molecule has 0 fully saturated rings. The van der Waals surface area contributed by atoms with Crippen LogP contribution in [0.5, 0.6) is 17.2 Å². The normalized spacial score (nSPS) is 11.5. The fourth-order valence-electron chi connectivity index (χ4n) is 2.79. The van der Waals surface area contributed by atoms with Gasteiger partial charge in [-0.2, -0.15) is 0 Å². The maximum atomic E-state index is 12.3. The van der Waals surface area contributed by atoms with Crippen molar-refractivity contribution in [1.82, 2.24) is 0 Å². The van der Waals surface area contributed by atoms with Crippen molar-refractivity contribution in [2.75, 3.05) is 0 Å². The standard InChI is InChI=1S/C23H28O5/c1-4-6-8-19(7-5-2)27-21-13-15-22(16-14-21)28-23(25)18-9-11-20(12-10-18)26-17(3)24/h9-16,19H,4-8H2,1-3H3. The van der Waals surface area contributed by atoms with Crippen LogP contribution in [0.3, 0.4) is 0 Å². The predicted molar refractivity (Wildman–Crippen MR) is 108 cm³/mol. The molecule has 0 N–H and O–H groups in total. The van der Waals surface area contributed by atoms with Gasteiger partial charge in [0.1, 0.15) is 17.2 Å². The van der Waals surface area contributed by atoms with Crippen molar-refractivity contribution in [2.24, 2.45) is 0 Å². The van der Waals surface area contributed by atoms with Crippen molar-refractivity contribution in [1.29, 1.82) is 0 Å². The van der Waals surface area contributed by atoms with Crippen LogP contribution in [0, 0.1) is 0 Å². The summed E-state index contributed by atoms with van der Waals surface area (Å²) in [5, 5.41) is 0. The van der Waals surface area contributed by atoms with E-state index < -0.39 is 11.9 Å². The second-order valence-electron chi connectivity index (χ2n) is 6.65. The lowest BCUT2D eigenvalue weighted by Gasteiger charge is -2.18. The minimum absolute atomic E-state index is 0.217. The van der Waals surface area contributed by atoms with Crippen LogP contribution >= 0.6 is 0 Å². The first-order valence-corrected chi connectivity index (χ1v) is 9.79. The van der Waals surface area contributed by atoms with E-state index in [0.29, 0.717) is 17.1 Å². The van der Waals surface area contributed by atoms with Crippen molar-refractivity contribution >= 4 is 11.9 Å². The zero-order valence-electron chi connectivity index (χ0n) is 16.8. The summed E-state index contributed by atoms with van der Waals surface area (Å²) >= 11 is 0. The van der Waals surface area contributed by atoms with Crippen LogP contribution in [0.25, 0.3) is 0 Å². The van der Waals surface area contributed by atoms with Crippen LogP contribution in [0.1, 0.15) is 63.2 Å². The number of rotatable bonds is 10. The lowest BCUT2D eigenvalue weighted by molar-refractivity contribution is -0.131. The minimum Gasteiger partial charge on any atom is -0.490 e. The van der Waals surface area contributed by atoms with Gasteiger partial charge in [0.15, 0.2) is 0 Å². The fourth-order valence-corrected chi connectivity index (χ4v) is 2.79. The molecular weight excluding hydrogens is 356 g/mol. The molecule has 0 aliphatic heterocycles. The molecule has 5 nitrogen and oxygen atoms in total. The second-order valence-corrected chi connectivity index (χ2v) is 6.65. The Morgan fingerprint density at radius 1 is 0.786 bits per heavy atom. The summed E-state index contributed by atoms with van der Waals surface area (Å²) in [5.74, 6) is 0.723. The molecule has 1 unspecified atom stereocenters. The molecule has 0 aromatic heterocycles. The zero-order valence-corrected chi connectivity index (χ0v) is 16.8. The number of esters is 2. The smallest absolute Gasteiger partial charge is 0.343 e. The molecule has 0 aliphatic rings. The Kier molecular flexibility index (Phi) is 8.53. The van der Waals surface area contributed by atoms with Gasteiger partial charge in [0, 0.05) is 6.92 Å². The Labute approximate surface area is 166 Å². The highest BCUT2D eigenvalue weighted by molar-refractivity contribution is 5.91. The Morgan fingerprint density at radius 3 is 1.93 bits per heavy atom. The minimum atomic E-state index is -0.477. The van der Waals surface area contributed by atoms with Gasteiger partial charge < -0.3 is 14.2 Å². The molecule has 1 atom stereocenters. The number of benzene rings is 2. The van der Waals surface area contributed by atoms with E-state index in [1.165, 1.54) is 6.92 Å². The van der Waals surface area contributed by atoms with Crippen molar-refractivity contribution in [2.45, 2.75) is 59.0 Å². The van der Waals surface area contributed by atoms with E-state index in [4.69, 9.17) is 14.2 Å². The van der Waals surface area contributed by atoms with Crippen molar-refractivity contribution in [3.63, 3.8) is 0 Å². The maximum absolute atomic E-state index is 12.3. The number of unbranched alkanes of at least 4 members (excludes halogenated alkanes) is 1. The summed E-state index contributed by atoms with van der Waals surface area (Å²) in [5.41, 5.74) is 0.374. The SMILES string of the molecule is CCCCC(CCC)Oc1ccc(OC(=O)c2ccc(OC(C)=O)cc2)cc1. The van der Waals surface area contributed by atoms with Gasteiger partial charge >= 0.3 is 11.9 Å². The Balaban J connectivity index is 1.93. The molecule has 0 amide bonds. The summed E-state index contributed by atoms with van der Waals surface area (Å²) in [6.07, 6.45) is 5.68. The third-order valence-electron chi connectivity index (χ3n) is 4.18. The molecule has 0 saturated heterocycles. The number of ether oxygens (including phenoxy) is 3. The predicted octanol–water partition coefficient (Wildman–Crippen LogP) is 5.57. The van der Waals surface area contributed by atoms with Gasteiger partial charge in [-0.05, 0) is 61.4 Å². The van der Waals surface area contributed by atoms with Gasteiger partial charge in [0.25, 0.3) is 0 Å². The molecule has 2 aromatic carbocycles. The molecule has 0 heterocycles. The van der Waals surface area contributed by atoms with E-state index in [1.54, 1.807) is 36.4 Å². The van der Waals surface area contributed by atoms with Gasteiger partial charge in [-0.15, -0.1) is 0 Å². The summed E-state index contributed by atoms with van der Waals surface area (Å²) in [4.78, 5) is 23.2. The van der Waals surface area contributed by atoms with E-state index in [1.807, 2.05) is 12.1 Å². The van der Waals surface area contributed by atoms with Gasteiger partial charge in [-0.3, -0.25) is 4.79 Å². The average Bonchev–Trinajstić information content (AvgIpc) is 2.68. The Morgan fingerprint density at radius 2 is 1.36 bits per heavy atom. The van der Waals surface area contributed by atoms with Crippen LogP contribution in [0.15, 0.2) is 48.5 Å². The molecule has 2 rings (SSSR count). The average molecular weight is 384 g/mol. The lowest BCUT2D eigenvalue weighted by Crippen LogP contribution is -2.16. The quantitative estimate of drug-likeness (QED) is 0.396. The van der Waals surface area contributed by atoms with Gasteiger partial charge in [-0.25, -0.2) is 4.79 Å². The van der Waals surface area contributed by atoms with Crippen LogP contribution in [-0.2, 0) is 4.79 Å². The van der Waals surface area contributed by atoms with Gasteiger partial charge in [0.05, 0.1) is 11.7 Å². The van der Waals surface area contributed by atoms with Crippen molar-refractivity contribution in [3.05, 3.63) is 54.1 Å². The second kappa shape index (κ2) is 11.1. The highest BCUT2D eigenvalue weighted by Crippen LogP contribution is 2.22. The largest absolute Gasteiger partial charge is 0.490 e. The van der Waals surface area contributed by atoms with Crippen molar-refractivity contribution in [3.8, 4) is 17.2 Å². The highest BCUT2D eigenvalue weighted by atomic mass is 16.5. The molecule has 0 spiro atoms. The molecule has 28 heavy (non-hydrogen) atoms. The zero-order chi connectivity index (χ0) is 20.4. The van der Waals surface area contributed by atoms with Crippen LogP contribution in [-0.4, -0.2) is 18.0 Å². The third-order valence-corrected chi connectivity index (χ3v) is 4.18. The maximum Gasteiger partial charge on any atom is 0.343 e. The van der Waals surface area contributed by atoms with Crippen LogP contribution in [0.4, 0.5) is 0 Å². The molecule has 0 bridgehead atoms. The molecule has 0 radical (unpaired) electrons. The Bertz CT molecular complexity index is 750. The van der Waals surface area contributed by atoms with E-state index >= 15 is 0 Å². The number of carbonyl (C=O) groups is 2. The summed E-state index contributed by atoms with van der Waals surface area (Å²) in [7, 11) is 0. The Hall–Kier alpha value is -2.82. The summed E-state index contributed by atoms with van der Waals surface area (Å²) in [6.45, 7) is 5.66. The van der Waals surface area contributed by atoms with Gasteiger partial charge in [-0.1, -0.05) is 33.1 Å². The number of hydrogen-bond donors (Lipinski definition) is 0. The van der Waals surface area contributed by atoms with E-state index in [9.17, 15) is 9.59 Å². The van der Waals surface area contributed by atoms with Gasteiger partial charge in [0.2, 0.25) is 0 Å². The van der Waals surface area contributed by atoms with Crippen LogP contribution in [0.2, 0.25) is 0 Å². The molecule has 2 aromatic rings. The molecule has 5 heteroatoms. The monoisotopic (exact) mass is 384 g/mol. The molecular formula is C23H28O5. The third kappa shape index (κ3) is 7.06. The lowest BCUT2D eigenvalue weighted by atomic mass is 10.1. The molecule has 0 saturated carbocycles.